The number of imidazole rings is 1. The zero-order valence-corrected chi connectivity index (χ0v) is 18.1. The number of nitrogen functional groups attached to an aromatic ring is 1. The lowest BCUT2D eigenvalue weighted by Crippen LogP contribution is -2.10. The SMILES string of the molecule is N=C(N)c1ccc2nc(-c3cc(CC(=O)O)cc(-c4cc(NS(=O)[O-])ccc4O)c3O)[nH]c2c1. The monoisotopic (exact) mass is 480 g/mol. The fraction of sp³-hybridized carbons (Fsp3) is 0.0455. The van der Waals surface area contributed by atoms with Gasteiger partial charge in [-0.15, -0.1) is 0 Å². The number of rotatable bonds is 7. The third-order valence-electron chi connectivity index (χ3n) is 5.06. The average molecular weight is 480 g/mol. The summed E-state index contributed by atoms with van der Waals surface area (Å²) in [6, 6.07) is 11.6. The van der Waals surface area contributed by atoms with Gasteiger partial charge in [0.15, 0.2) is 0 Å². The van der Waals surface area contributed by atoms with Gasteiger partial charge >= 0.3 is 5.97 Å². The number of hydrogen-bond donors (Lipinski definition) is 7. The van der Waals surface area contributed by atoms with Gasteiger partial charge in [-0.25, -0.2) is 4.98 Å². The van der Waals surface area contributed by atoms with Gasteiger partial charge in [-0.1, -0.05) is 0 Å². The van der Waals surface area contributed by atoms with Crippen molar-refractivity contribution in [1.82, 2.24) is 9.97 Å². The van der Waals surface area contributed by atoms with Crippen molar-refractivity contribution in [3.63, 3.8) is 0 Å². The van der Waals surface area contributed by atoms with Crippen molar-refractivity contribution in [2.24, 2.45) is 5.73 Å². The summed E-state index contributed by atoms with van der Waals surface area (Å²) in [5.74, 6) is -1.59. The molecule has 0 saturated carbocycles. The lowest BCUT2D eigenvalue weighted by atomic mass is 9.95. The molecule has 11 nitrogen and oxygen atoms in total. The molecule has 34 heavy (non-hydrogen) atoms. The number of aromatic hydroxyl groups is 2. The Bertz CT molecular complexity index is 1480. The largest absolute Gasteiger partial charge is 0.755 e. The van der Waals surface area contributed by atoms with Crippen LogP contribution in [0.3, 0.4) is 0 Å². The second-order valence-corrected chi connectivity index (χ2v) is 8.08. The molecule has 1 atom stereocenters. The van der Waals surface area contributed by atoms with Gasteiger partial charge in [0.25, 0.3) is 0 Å². The van der Waals surface area contributed by atoms with Crippen LogP contribution in [0.2, 0.25) is 0 Å². The van der Waals surface area contributed by atoms with Gasteiger partial charge in [0.1, 0.15) is 23.2 Å². The molecule has 0 spiro atoms. The summed E-state index contributed by atoms with van der Waals surface area (Å²) >= 11 is -2.61. The van der Waals surface area contributed by atoms with E-state index in [4.69, 9.17) is 11.1 Å². The number of phenolic OH excluding ortho intramolecular Hbond substituents is 2. The topological polar surface area (TPSA) is 208 Å². The lowest BCUT2D eigenvalue weighted by molar-refractivity contribution is -0.136. The number of aromatic amines is 1. The van der Waals surface area contributed by atoms with E-state index in [2.05, 4.69) is 14.7 Å². The second kappa shape index (κ2) is 8.84. The first-order valence-electron chi connectivity index (χ1n) is 9.74. The number of nitrogens with two attached hydrogens (primary N) is 1. The molecule has 0 saturated heterocycles. The standard InChI is InChI=1S/C22H19N5O6S/c23-21(24)11-1-3-16-17(8-11)26-22(25-16)15-6-10(7-19(29)30)5-14(20(15)31)13-9-12(27-34(32)33)2-4-18(13)28/h1-6,8-9,27-28,31H,7H2,(H3,23,24)(H,25,26)(H,29,30)(H,32,33)/p-1. The Hall–Kier alpha value is -4.42. The van der Waals surface area contributed by atoms with Gasteiger partial charge in [0.05, 0.1) is 23.0 Å². The maximum Gasteiger partial charge on any atom is 0.307 e. The molecule has 1 unspecified atom stereocenters. The number of fused-ring (bicyclic) bond motifs is 1. The fourth-order valence-corrected chi connectivity index (χ4v) is 3.89. The summed E-state index contributed by atoms with van der Waals surface area (Å²) in [7, 11) is 0. The van der Waals surface area contributed by atoms with Crippen molar-refractivity contribution >= 4 is 39.8 Å². The minimum atomic E-state index is -2.61. The van der Waals surface area contributed by atoms with E-state index in [9.17, 15) is 28.9 Å². The molecule has 0 aliphatic rings. The zero-order chi connectivity index (χ0) is 24.6. The molecule has 1 heterocycles. The van der Waals surface area contributed by atoms with Crippen molar-refractivity contribution in [3.8, 4) is 34.0 Å². The Balaban J connectivity index is 1.92. The Kier molecular flexibility index (Phi) is 5.92. The van der Waals surface area contributed by atoms with Crippen molar-refractivity contribution in [1.29, 1.82) is 5.41 Å². The van der Waals surface area contributed by atoms with Crippen LogP contribution in [0.5, 0.6) is 11.5 Å². The molecule has 0 aliphatic carbocycles. The highest BCUT2D eigenvalue weighted by Crippen LogP contribution is 2.43. The molecule has 0 bridgehead atoms. The van der Waals surface area contributed by atoms with Crippen LogP contribution in [0.1, 0.15) is 11.1 Å². The molecule has 8 N–H and O–H groups in total. The van der Waals surface area contributed by atoms with Crippen LogP contribution in [0, 0.1) is 5.41 Å². The van der Waals surface area contributed by atoms with E-state index in [1.807, 2.05) is 0 Å². The molecule has 0 aliphatic heterocycles. The van der Waals surface area contributed by atoms with E-state index >= 15 is 0 Å². The molecule has 1 aromatic heterocycles. The maximum absolute atomic E-state index is 11.4. The van der Waals surface area contributed by atoms with Gasteiger partial charge < -0.3 is 35.3 Å². The molecule has 174 valence electrons. The number of amidine groups is 1. The summed E-state index contributed by atoms with van der Waals surface area (Å²) in [5.41, 5.74) is 7.84. The zero-order valence-electron chi connectivity index (χ0n) is 17.3. The van der Waals surface area contributed by atoms with Crippen molar-refractivity contribution in [2.45, 2.75) is 6.42 Å². The normalized spacial score (nSPS) is 11.9. The Morgan fingerprint density at radius 1 is 1.12 bits per heavy atom. The van der Waals surface area contributed by atoms with Crippen molar-refractivity contribution < 1.29 is 28.9 Å². The Labute approximate surface area is 194 Å². The number of H-pyrrole nitrogens is 1. The van der Waals surface area contributed by atoms with Gasteiger partial charge in [-0.3, -0.25) is 14.4 Å². The number of carboxylic acid groups (broad SMARTS) is 1. The Morgan fingerprint density at radius 3 is 2.53 bits per heavy atom. The van der Waals surface area contributed by atoms with Crippen LogP contribution in [0.15, 0.2) is 48.5 Å². The summed E-state index contributed by atoms with van der Waals surface area (Å²) < 4.78 is 24.2. The number of anilines is 1. The highest BCUT2D eigenvalue weighted by molar-refractivity contribution is 7.80. The van der Waals surface area contributed by atoms with Crippen LogP contribution >= 0.6 is 0 Å². The molecule has 0 fully saturated rings. The number of phenols is 2. The van der Waals surface area contributed by atoms with Crippen LogP contribution in [0.4, 0.5) is 5.69 Å². The highest BCUT2D eigenvalue weighted by atomic mass is 32.2. The number of carboxylic acids is 1. The first-order chi connectivity index (χ1) is 16.1. The second-order valence-electron chi connectivity index (χ2n) is 7.41. The summed E-state index contributed by atoms with van der Waals surface area (Å²) in [6.07, 6.45) is -0.377. The molecule has 0 amide bonds. The lowest BCUT2D eigenvalue weighted by Gasteiger charge is -2.15. The predicted octanol–water partition coefficient (Wildman–Crippen LogP) is 2.43. The fourth-order valence-electron chi connectivity index (χ4n) is 3.57. The van der Waals surface area contributed by atoms with E-state index in [1.54, 1.807) is 18.2 Å². The first-order valence-corrected chi connectivity index (χ1v) is 10.8. The van der Waals surface area contributed by atoms with Gasteiger partial charge in [-0.05, 0) is 54.1 Å². The summed E-state index contributed by atoms with van der Waals surface area (Å²) in [6.45, 7) is 0. The average Bonchev–Trinajstić information content (AvgIpc) is 3.18. The number of carbonyl (C=O) groups is 1. The minimum absolute atomic E-state index is 0.0800. The third-order valence-corrected chi connectivity index (χ3v) is 5.46. The molecular formula is C22H18N5O6S-. The molecule has 4 aromatic rings. The predicted molar refractivity (Wildman–Crippen MR) is 125 cm³/mol. The van der Waals surface area contributed by atoms with E-state index in [0.29, 0.717) is 22.2 Å². The van der Waals surface area contributed by atoms with Crippen molar-refractivity contribution in [3.05, 3.63) is 59.7 Å². The van der Waals surface area contributed by atoms with E-state index in [1.165, 1.54) is 30.3 Å². The molecule has 12 heteroatoms. The Morgan fingerprint density at radius 2 is 1.85 bits per heavy atom. The minimum Gasteiger partial charge on any atom is -0.755 e. The number of nitrogens with one attached hydrogen (secondary N) is 3. The third kappa shape index (κ3) is 4.53. The van der Waals surface area contributed by atoms with Gasteiger partial charge in [0.2, 0.25) is 0 Å². The molecular weight excluding hydrogens is 462 g/mol. The number of aromatic nitrogens is 2. The number of benzene rings is 3. The number of hydrogen-bond acceptors (Lipinski definition) is 7. The molecule has 0 radical (unpaired) electrons. The summed E-state index contributed by atoms with van der Waals surface area (Å²) in [4.78, 5) is 18.9. The van der Waals surface area contributed by atoms with Gasteiger partial charge in [0, 0.05) is 33.6 Å². The van der Waals surface area contributed by atoms with Crippen LogP contribution in [0.25, 0.3) is 33.5 Å². The van der Waals surface area contributed by atoms with Gasteiger partial charge in [-0.2, -0.15) is 0 Å². The maximum atomic E-state index is 11.4. The van der Waals surface area contributed by atoms with Crippen LogP contribution in [-0.4, -0.2) is 45.9 Å². The molecule has 3 aromatic carbocycles. The van der Waals surface area contributed by atoms with E-state index < -0.39 is 17.2 Å². The van der Waals surface area contributed by atoms with Crippen molar-refractivity contribution in [2.75, 3.05) is 4.72 Å². The molecule has 4 rings (SSSR count). The van der Waals surface area contributed by atoms with E-state index in [-0.39, 0.29) is 52.0 Å². The van der Waals surface area contributed by atoms with Crippen LogP contribution in [-0.2, 0) is 22.5 Å². The highest BCUT2D eigenvalue weighted by Gasteiger charge is 2.20. The van der Waals surface area contributed by atoms with E-state index in [0.717, 1.165) is 0 Å². The smallest absolute Gasteiger partial charge is 0.307 e. The van der Waals surface area contributed by atoms with Crippen LogP contribution < -0.4 is 10.5 Å². The number of nitrogens with zero attached hydrogens (tertiary/aromatic N) is 1. The number of aliphatic carboxylic acids is 1. The summed E-state index contributed by atoms with van der Waals surface area (Å²) in [5, 5.41) is 38.4. The quantitative estimate of drug-likeness (QED) is 0.0901. The first kappa shape index (κ1) is 22.8.